The van der Waals surface area contributed by atoms with Crippen molar-refractivity contribution in [3.63, 3.8) is 0 Å². The van der Waals surface area contributed by atoms with Gasteiger partial charge in [-0.25, -0.2) is 12.7 Å². The van der Waals surface area contributed by atoms with E-state index in [0.29, 0.717) is 4.31 Å². The van der Waals surface area contributed by atoms with Crippen LogP contribution in [0.1, 0.15) is 10.4 Å². The molecule has 0 bridgehead atoms. The van der Waals surface area contributed by atoms with Crippen molar-refractivity contribution in [2.75, 3.05) is 13.1 Å². The van der Waals surface area contributed by atoms with Gasteiger partial charge in [-0.1, -0.05) is 0 Å². The summed E-state index contributed by atoms with van der Waals surface area (Å²) in [5, 5.41) is 20.0. The molecule has 9 nitrogen and oxygen atoms in total. The summed E-state index contributed by atoms with van der Waals surface area (Å²) in [6.45, 7) is -0.698. The first kappa shape index (κ1) is 14.4. The first-order chi connectivity index (χ1) is 9.28. The first-order valence-electron chi connectivity index (χ1n) is 5.52. The normalized spacial score (nSPS) is 17.9. The van der Waals surface area contributed by atoms with Gasteiger partial charge in [0.1, 0.15) is 4.90 Å². The van der Waals surface area contributed by atoms with Crippen molar-refractivity contribution in [1.29, 1.82) is 0 Å². The molecule has 0 spiro atoms. The lowest BCUT2D eigenvalue weighted by atomic mass is 10.2. The monoisotopic (exact) mass is 301 g/mol. The summed E-state index contributed by atoms with van der Waals surface area (Å²) >= 11 is 0. The van der Waals surface area contributed by atoms with Gasteiger partial charge < -0.3 is 10.8 Å². The Morgan fingerprint density at radius 1 is 1.45 bits per heavy atom. The SMILES string of the molecule is NCC(O)CN1C(=O)c2cc([N+](=O)[O-])ccc2S1(=O)=O. The highest BCUT2D eigenvalue weighted by molar-refractivity contribution is 7.90. The highest BCUT2D eigenvalue weighted by Gasteiger charge is 2.42. The number of nitrogens with zero attached hydrogens (tertiary/aromatic N) is 2. The molecule has 0 saturated carbocycles. The number of aliphatic hydroxyl groups excluding tert-OH is 1. The molecule has 1 aliphatic rings. The first-order valence-corrected chi connectivity index (χ1v) is 6.96. The Labute approximate surface area is 113 Å². The number of benzene rings is 1. The van der Waals surface area contributed by atoms with Crippen LogP contribution in [0.4, 0.5) is 5.69 Å². The number of hydrogen-bond donors (Lipinski definition) is 2. The number of aliphatic hydroxyl groups is 1. The van der Waals surface area contributed by atoms with E-state index in [1.54, 1.807) is 0 Å². The van der Waals surface area contributed by atoms with Crippen molar-refractivity contribution < 1.29 is 23.2 Å². The minimum atomic E-state index is -4.10. The molecule has 10 heteroatoms. The largest absolute Gasteiger partial charge is 0.390 e. The minimum absolute atomic E-state index is 0.213. The van der Waals surface area contributed by atoms with Crippen molar-refractivity contribution in [3.8, 4) is 0 Å². The molecule has 0 fully saturated rings. The highest BCUT2D eigenvalue weighted by Crippen LogP contribution is 2.32. The van der Waals surface area contributed by atoms with Crippen LogP contribution in [0.15, 0.2) is 23.1 Å². The van der Waals surface area contributed by atoms with E-state index in [9.17, 15) is 28.4 Å². The van der Waals surface area contributed by atoms with Crippen molar-refractivity contribution in [2.45, 2.75) is 11.0 Å². The molecular weight excluding hydrogens is 290 g/mol. The molecule has 0 aliphatic carbocycles. The third-order valence-electron chi connectivity index (χ3n) is 2.85. The topological polar surface area (TPSA) is 144 Å². The summed E-state index contributed by atoms with van der Waals surface area (Å²) in [7, 11) is -4.10. The molecule has 1 atom stereocenters. The number of fused-ring (bicyclic) bond motifs is 1. The van der Waals surface area contributed by atoms with Crippen LogP contribution in [0, 0.1) is 10.1 Å². The van der Waals surface area contributed by atoms with Crippen LogP contribution in [0.2, 0.25) is 0 Å². The maximum atomic E-state index is 12.1. The van der Waals surface area contributed by atoms with Gasteiger partial charge in [-0.05, 0) is 6.07 Å². The quantitative estimate of drug-likeness (QED) is 0.539. The zero-order chi connectivity index (χ0) is 15.1. The lowest BCUT2D eigenvalue weighted by molar-refractivity contribution is -0.384. The third-order valence-corrected chi connectivity index (χ3v) is 4.65. The minimum Gasteiger partial charge on any atom is -0.390 e. The van der Waals surface area contributed by atoms with Crippen molar-refractivity contribution in [1.82, 2.24) is 4.31 Å². The number of amides is 1. The number of sulfonamides is 1. The second-order valence-electron chi connectivity index (χ2n) is 4.17. The molecule has 1 amide bonds. The van der Waals surface area contributed by atoms with Crippen LogP contribution < -0.4 is 5.73 Å². The van der Waals surface area contributed by atoms with E-state index in [2.05, 4.69) is 0 Å². The van der Waals surface area contributed by atoms with Crippen LogP contribution >= 0.6 is 0 Å². The van der Waals surface area contributed by atoms with Gasteiger partial charge in [-0.15, -0.1) is 0 Å². The van der Waals surface area contributed by atoms with Gasteiger partial charge in [0, 0.05) is 18.7 Å². The predicted molar refractivity (Wildman–Crippen MR) is 66.4 cm³/mol. The number of carbonyl (C=O) groups is 1. The second-order valence-corrected chi connectivity index (χ2v) is 6.00. The molecule has 1 aromatic carbocycles. The number of nitro benzene ring substituents is 1. The Bertz CT molecular complexity index is 686. The second kappa shape index (κ2) is 4.81. The van der Waals surface area contributed by atoms with Gasteiger partial charge >= 0.3 is 0 Å². The number of β-amino-alcohol motifs (C(OH)–C–C–N with tert-alkyl or cyclic N) is 1. The van der Waals surface area contributed by atoms with E-state index in [4.69, 9.17) is 5.73 Å². The van der Waals surface area contributed by atoms with Gasteiger partial charge in [0.25, 0.3) is 21.6 Å². The zero-order valence-electron chi connectivity index (χ0n) is 10.1. The number of non-ortho nitro benzene ring substituents is 1. The highest BCUT2D eigenvalue weighted by atomic mass is 32.2. The van der Waals surface area contributed by atoms with Crippen LogP contribution in [0.3, 0.4) is 0 Å². The van der Waals surface area contributed by atoms with Crippen LogP contribution in [0.5, 0.6) is 0 Å². The van der Waals surface area contributed by atoms with Gasteiger partial charge in [0.15, 0.2) is 0 Å². The van der Waals surface area contributed by atoms with E-state index >= 15 is 0 Å². The Morgan fingerprint density at radius 3 is 2.65 bits per heavy atom. The average molecular weight is 301 g/mol. The van der Waals surface area contributed by atoms with Gasteiger partial charge in [0.05, 0.1) is 23.1 Å². The molecule has 108 valence electrons. The molecule has 1 aromatic rings. The summed E-state index contributed by atoms with van der Waals surface area (Å²) in [4.78, 5) is 21.6. The van der Waals surface area contributed by atoms with Crippen molar-refractivity contribution in [3.05, 3.63) is 33.9 Å². The van der Waals surface area contributed by atoms with E-state index in [1.165, 1.54) is 0 Å². The Balaban J connectivity index is 2.50. The summed E-state index contributed by atoms with van der Waals surface area (Å²) in [5.74, 6) is -0.906. The summed E-state index contributed by atoms with van der Waals surface area (Å²) < 4.78 is 24.7. The molecular formula is C10H11N3O6S. The smallest absolute Gasteiger partial charge is 0.270 e. The third kappa shape index (κ3) is 2.13. The summed E-state index contributed by atoms with van der Waals surface area (Å²) in [6.07, 6.45) is -1.20. The molecule has 1 aliphatic heterocycles. The standard InChI is InChI=1S/C10H11N3O6S/c11-4-7(14)5-12-10(15)8-3-6(13(16)17)1-2-9(8)20(12,18)19/h1-3,7,14H,4-5,11H2. The number of carbonyl (C=O) groups excluding carboxylic acids is 1. The lowest BCUT2D eigenvalue weighted by Gasteiger charge is -2.17. The number of nitro groups is 1. The van der Waals surface area contributed by atoms with Gasteiger partial charge in [0.2, 0.25) is 0 Å². The number of hydrogen-bond acceptors (Lipinski definition) is 7. The maximum absolute atomic E-state index is 12.1. The predicted octanol–water partition coefficient (Wildman–Crippen LogP) is -0.941. The molecule has 0 radical (unpaired) electrons. The fourth-order valence-electron chi connectivity index (χ4n) is 1.83. The summed E-state index contributed by atoms with van der Waals surface area (Å²) in [5.41, 5.74) is 4.53. The number of nitrogens with two attached hydrogens (primary N) is 1. The van der Waals surface area contributed by atoms with E-state index < -0.39 is 33.5 Å². The Kier molecular flexibility index (Phi) is 3.46. The molecule has 0 aromatic heterocycles. The maximum Gasteiger partial charge on any atom is 0.270 e. The summed E-state index contributed by atoms with van der Waals surface area (Å²) in [6, 6.07) is 2.92. The van der Waals surface area contributed by atoms with Crippen LogP contribution in [0.25, 0.3) is 0 Å². The van der Waals surface area contributed by atoms with Gasteiger partial charge in [-0.2, -0.15) is 0 Å². The zero-order valence-corrected chi connectivity index (χ0v) is 10.9. The molecule has 1 unspecified atom stereocenters. The fourth-order valence-corrected chi connectivity index (χ4v) is 3.42. The number of rotatable bonds is 4. The Morgan fingerprint density at radius 2 is 2.10 bits per heavy atom. The average Bonchev–Trinajstić information content (AvgIpc) is 2.59. The molecule has 20 heavy (non-hydrogen) atoms. The van der Waals surface area contributed by atoms with Gasteiger partial charge in [-0.3, -0.25) is 14.9 Å². The van der Waals surface area contributed by atoms with E-state index in [-0.39, 0.29) is 22.7 Å². The fraction of sp³-hybridized carbons (Fsp3) is 0.300. The molecule has 2 rings (SSSR count). The molecule has 3 N–H and O–H groups in total. The van der Waals surface area contributed by atoms with Crippen LogP contribution in [-0.4, -0.2) is 47.9 Å². The lowest BCUT2D eigenvalue weighted by Crippen LogP contribution is -2.39. The molecule has 0 saturated heterocycles. The van der Waals surface area contributed by atoms with Crippen molar-refractivity contribution in [2.24, 2.45) is 5.73 Å². The van der Waals surface area contributed by atoms with Crippen LogP contribution in [-0.2, 0) is 10.0 Å². The van der Waals surface area contributed by atoms with E-state index in [0.717, 1.165) is 18.2 Å². The van der Waals surface area contributed by atoms with Crippen molar-refractivity contribution >= 4 is 21.6 Å². The Hall–Kier alpha value is -2.04. The molecule has 1 heterocycles. The van der Waals surface area contributed by atoms with E-state index in [1.807, 2.05) is 0 Å².